The second-order valence-corrected chi connectivity index (χ2v) is 4.28. The summed E-state index contributed by atoms with van der Waals surface area (Å²) in [5, 5.41) is 12.5. The monoisotopic (exact) mass is 257 g/mol. The van der Waals surface area contributed by atoms with E-state index >= 15 is 0 Å². The standard InChI is InChI=1S/C16H19NO2/c1-2-17-16(12-18)13-8-10-15(11-9-13)19-14-6-4-3-5-7-14/h3-11,16-18H,2,12H2,1H3. The van der Waals surface area contributed by atoms with Gasteiger partial charge in [-0.15, -0.1) is 0 Å². The van der Waals surface area contributed by atoms with E-state index in [1.54, 1.807) is 0 Å². The first kappa shape index (κ1) is 13.6. The predicted molar refractivity (Wildman–Crippen MR) is 76.5 cm³/mol. The molecule has 2 rings (SSSR count). The topological polar surface area (TPSA) is 41.5 Å². The minimum atomic E-state index is -0.0178. The molecule has 0 aliphatic carbocycles. The summed E-state index contributed by atoms with van der Waals surface area (Å²) in [5.74, 6) is 1.61. The van der Waals surface area contributed by atoms with E-state index in [2.05, 4.69) is 5.32 Å². The highest BCUT2D eigenvalue weighted by Gasteiger charge is 2.08. The SMILES string of the molecule is CCNC(CO)c1ccc(Oc2ccccc2)cc1. The Morgan fingerprint density at radius 1 is 1.00 bits per heavy atom. The molecule has 0 aliphatic heterocycles. The smallest absolute Gasteiger partial charge is 0.127 e. The molecular weight excluding hydrogens is 238 g/mol. The first-order valence-electron chi connectivity index (χ1n) is 6.50. The summed E-state index contributed by atoms with van der Waals surface area (Å²) in [4.78, 5) is 0. The van der Waals surface area contributed by atoms with Crippen LogP contribution < -0.4 is 10.1 Å². The lowest BCUT2D eigenvalue weighted by atomic mass is 10.1. The highest BCUT2D eigenvalue weighted by atomic mass is 16.5. The second-order valence-electron chi connectivity index (χ2n) is 4.28. The number of rotatable bonds is 6. The molecule has 2 aromatic carbocycles. The van der Waals surface area contributed by atoms with Crippen LogP contribution in [0, 0.1) is 0 Å². The number of aliphatic hydroxyl groups is 1. The average Bonchev–Trinajstić information content (AvgIpc) is 2.47. The van der Waals surface area contributed by atoms with E-state index in [1.807, 2.05) is 61.5 Å². The molecule has 3 nitrogen and oxygen atoms in total. The minimum Gasteiger partial charge on any atom is -0.457 e. The van der Waals surface area contributed by atoms with Gasteiger partial charge in [0.2, 0.25) is 0 Å². The van der Waals surface area contributed by atoms with Gasteiger partial charge in [-0.05, 0) is 36.4 Å². The molecule has 0 aliphatic rings. The van der Waals surface area contributed by atoms with Crippen molar-refractivity contribution < 1.29 is 9.84 Å². The maximum absolute atomic E-state index is 9.32. The zero-order chi connectivity index (χ0) is 13.5. The fraction of sp³-hybridized carbons (Fsp3) is 0.250. The molecule has 0 saturated carbocycles. The largest absolute Gasteiger partial charge is 0.457 e. The quantitative estimate of drug-likeness (QED) is 0.835. The van der Waals surface area contributed by atoms with E-state index in [1.165, 1.54) is 0 Å². The lowest BCUT2D eigenvalue weighted by Crippen LogP contribution is -2.23. The van der Waals surface area contributed by atoms with E-state index in [-0.39, 0.29) is 12.6 Å². The van der Waals surface area contributed by atoms with Crippen LogP contribution in [0.15, 0.2) is 54.6 Å². The highest BCUT2D eigenvalue weighted by Crippen LogP contribution is 2.23. The first-order chi connectivity index (χ1) is 9.33. The number of benzene rings is 2. The van der Waals surface area contributed by atoms with Crippen LogP contribution in [0.4, 0.5) is 0 Å². The van der Waals surface area contributed by atoms with Gasteiger partial charge in [-0.25, -0.2) is 0 Å². The van der Waals surface area contributed by atoms with Gasteiger partial charge in [0, 0.05) is 0 Å². The summed E-state index contributed by atoms with van der Waals surface area (Å²) in [6, 6.07) is 17.4. The molecule has 1 atom stereocenters. The zero-order valence-corrected chi connectivity index (χ0v) is 11.0. The maximum Gasteiger partial charge on any atom is 0.127 e. The molecule has 100 valence electrons. The van der Waals surface area contributed by atoms with Crippen molar-refractivity contribution in [2.24, 2.45) is 0 Å². The van der Waals surface area contributed by atoms with Crippen LogP contribution in [0.1, 0.15) is 18.5 Å². The van der Waals surface area contributed by atoms with Crippen LogP contribution in [-0.2, 0) is 0 Å². The Labute approximate surface area is 113 Å². The van der Waals surface area contributed by atoms with Crippen LogP contribution in [-0.4, -0.2) is 18.3 Å². The maximum atomic E-state index is 9.32. The molecule has 19 heavy (non-hydrogen) atoms. The summed E-state index contributed by atoms with van der Waals surface area (Å²) in [5.41, 5.74) is 1.06. The van der Waals surface area contributed by atoms with E-state index < -0.39 is 0 Å². The molecule has 2 N–H and O–H groups in total. The Morgan fingerprint density at radius 2 is 1.63 bits per heavy atom. The van der Waals surface area contributed by atoms with Gasteiger partial charge in [0.15, 0.2) is 0 Å². The van der Waals surface area contributed by atoms with Gasteiger partial charge in [-0.3, -0.25) is 0 Å². The molecule has 0 amide bonds. The normalized spacial score (nSPS) is 12.1. The second kappa shape index (κ2) is 6.92. The van der Waals surface area contributed by atoms with Crippen molar-refractivity contribution in [3.8, 4) is 11.5 Å². The molecule has 0 fully saturated rings. The molecular formula is C16H19NO2. The molecule has 2 aromatic rings. The van der Waals surface area contributed by atoms with Crippen molar-refractivity contribution in [1.29, 1.82) is 0 Å². The summed E-state index contributed by atoms with van der Waals surface area (Å²) in [6.07, 6.45) is 0. The van der Waals surface area contributed by atoms with E-state index in [0.717, 1.165) is 23.6 Å². The number of hydrogen-bond acceptors (Lipinski definition) is 3. The molecule has 0 aromatic heterocycles. The van der Waals surface area contributed by atoms with Crippen molar-refractivity contribution >= 4 is 0 Å². The summed E-state index contributed by atoms with van der Waals surface area (Å²) < 4.78 is 5.72. The lowest BCUT2D eigenvalue weighted by molar-refractivity contribution is 0.246. The Morgan fingerprint density at radius 3 is 2.21 bits per heavy atom. The third kappa shape index (κ3) is 3.81. The first-order valence-corrected chi connectivity index (χ1v) is 6.50. The molecule has 1 unspecified atom stereocenters. The van der Waals surface area contributed by atoms with Crippen LogP contribution in [0.3, 0.4) is 0 Å². The molecule has 0 saturated heterocycles. The number of likely N-dealkylation sites (N-methyl/N-ethyl adjacent to an activating group) is 1. The van der Waals surface area contributed by atoms with E-state index in [9.17, 15) is 5.11 Å². The molecule has 0 spiro atoms. The predicted octanol–water partition coefficient (Wildman–Crippen LogP) is 3.12. The van der Waals surface area contributed by atoms with Crippen LogP contribution in [0.2, 0.25) is 0 Å². The van der Waals surface area contributed by atoms with Crippen molar-refractivity contribution in [1.82, 2.24) is 5.32 Å². The minimum absolute atomic E-state index is 0.0178. The Kier molecular flexibility index (Phi) is 4.95. The number of nitrogens with one attached hydrogen (secondary N) is 1. The van der Waals surface area contributed by atoms with Crippen molar-refractivity contribution in [3.05, 3.63) is 60.2 Å². The van der Waals surface area contributed by atoms with Gasteiger partial charge in [0.05, 0.1) is 12.6 Å². The number of aliphatic hydroxyl groups excluding tert-OH is 1. The summed E-state index contributed by atoms with van der Waals surface area (Å²) >= 11 is 0. The highest BCUT2D eigenvalue weighted by molar-refractivity contribution is 5.33. The Balaban J connectivity index is 2.06. The molecule has 3 heteroatoms. The number of ether oxygens (including phenoxy) is 1. The van der Waals surface area contributed by atoms with Crippen molar-refractivity contribution in [3.63, 3.8) is 0 Å². The fourth-order valence-corrected chi connectivity index (χ4v) is 1.93. The molecule has 0 bridgehead atoms. The van der Waals surface area contributed by atoms with Gasteiger partial charge >= 0.3 is 0 Å². The molecule has 0 heterocycles. The fourth-order valence-electron chi connectivity index (χ4n) is 1.93. The molecule has 0 radical (unpaired) electrons. The van der Waals surface area contributed by atoms with Gasteiger partial charge < -0.3 is 15.2 Å². The van der Waals surface area contributed by atoms with E-state index in [4.69, 9.17) is 4.74 Å². The third-order valence-electron chi connectivity index (χ3n) is 2.89. The van der Waals surface area contributed by atoms with Gasteiger partial charge in [0.25, 0.3) is 0 Å². The summed E-state index contributed by atoms with van der Waals surface area (Å²) in [7, 11) is 0. The Bertz CT molecular complexity index is 482. The van der Waals surface area contributed by atoms with Crippen molar-refractivity contribution in [2.45, 2.75) is 13.0 Å². The Hall–Kier alpha value is -1.84. The average molecular weight is 257 g/mol. The zero-order valence-electron chi connectivity index (χ0n) is 11.0. The van der Waals surface area contributed by atoms with Crippen molar-refractivity contribution in [2.75, 3.05) is 13.2 Å². The lowest BCUT2D eigenvalue weighted by Gasteiger charge is -2.15. The van der Waals surface area contributed by atoms with Crippen LogP contribution >= 0.6 is 0 Å². The van der Waals surface area contributed by atoms with Crippen LogP contribution in [0.5, 0.6) is 11.5 Å². The number of hydrogen-bond donors (Lipinski definition) is 2. The van der Waals surface area contributed by atoms with E-state index in [0.29, 0.717) is 0 Å². The van der Waals surface area contributed by atoms with Gasteiger partial charge in [-0.2, -0.15) is 0 Å². The van der Waals surface area contributed by atoms with Gasteiger partial charge in [-0.1, -0.05) is 37.3 Å². The van der Waals surface area contributed by atoms with Crippen LogP contribution in [0.25, 0.3) is 0 Å². The summed E-state index contributed by atoms with van der Waals surface area (Å²) in [6.45, 7) is 2.94. The van der Waals surface area contributed by atoms with Gasteiger partial charge in [0.1, 0.15) is 11.5 Å². The number of para-hydroxylation sites is 1. The third-order valence-corrected chi connectivity index (χ3v) is 2.89.